The Morgan fingerprint density at radius 3 is 2.58 bits per heavy atom. The van der Waals surface area contributed by atoms with Gasteiger partial charge in [-0.25, -0.2) is 0 Å². The molecule has 1 fully saturated rings. The van der Waals surface area contributed by atoms with Crippen LogP contribution in [0.25, 0.3) is 11.5 Å². The topological polar surface area (TPSA) is 68.0 Å². The van der Waals surface area contributed by atoms with E-state index in [1.54, 1.807) is 0 Å². The minimum absolute atomic E-state index is 0.00435. The Kier molecular flexibility index (Phi) is 3.58. The number of rotatable bonds is 4. The Morgan fingerprint density at radius 2 is 1.96 bits per heavy atom. The van der Waals surface area contributed by atoms with Crippen molar-refractivity contribution < 1.29 is 9.21 Å². The van der Waals surface area contributed by atoms with Gasteiger partial charge in [0.05, 0.1) is 5.41 Å². The minimum atomic E-state index is -0.462. The third-order valence-corrected chi connectivity index (χ3v) is 4.55. The molecule has 24 heavy (non-hydrogen) atoms. The van der Waals surface area contributed by atoms with Crippen LogP contribution in [0.2, 0.25) is 5.02 Å². The summed E-state index contributed by atoms with van der Waals surface area (Å²) in [5.41, 5.74) is 2.05. The van der Waals surface area contributed by atoms with Gasteiger partial charge < -0.3 is 9.73 Å². The van der Waals surface area contributed by atoms with Crippen LogP contribution >= 0.6 is 11.6 Å². The maximum atomic E-state index is 12.7. The molecule has 1 heterocycles. The van der Waals surface area contributed by atoms with Crippen molar-refractivity contribution in [2.24, 2.45) is 0 Å². The standard InChI is InChI=1S/C18H14ClN3O2/c19-14-3-1-2-13(10-14)18(8-9-18)17(23)21-15-6-4-12(5-7-15)16-22-20-11-24-16/h1-7,10-11H,8-9H2,(H,21,23). The van der Waals surface area contributed by atoms with E-state index >= 15 is 0 Å². The molecule has 5 nitrogen and oxygen atoms in total. The molecule has 4 rings (SSSR count). The zero-order valence-electron chi connectivity index (χ0n) is 12.7. The molecule has 6 heteroatoms. The number of carbonyl (C=O) groups excluding carboxylic acids is 1. The molecule has 1 amide bonds. The summed E-state index contributed by atoms with van der Waals surface area (Å²) in [5.74, 6) is 0.445. The van der Waals surface area contributed by atoms with Gasteiger partial charge in [0.15, 0.2) is 0 Å². The van der Waals surface area contributed by atoms with E-state index in [2.05, 4.69) is 15.5 Å². The molecule has 3 aromatic rings. The largest absolute Gasteiger partial charge is 0.423 e. The number of anilines is 1. The Morgan fingerprint density at radius 1 is 1.17 bits per heavy atom. The van der Waals surface area contributed by atoms with Gasteiger partial charge in [0.25, 0.3) is 0 Å². The lowest BCUT2D eigenvalue weighted by atomic mass is 9.95. The summed E-state index contributed by atoms with van der Waals surface area (Å²) >= 11 is 6.06. The van der Waals surface area contributed by atoms with Crippen LogP contribution in [0.3, 0.4) is 0 Å². The third-order valence-electron chi connectivity index (χ3n) is 4.31. The number of aromatic nitrogens is 2. The second kappa shape index (κ2) is 5.76. The highest BCUT2D eigenvalue weighted by atomic mass is 35.5. The molecule has 1 N–H and O–H groups in total. The van der Waals surface area contributed by atoms with E-state index in [1.165, 1.54) is 6.39 Å². The monoisotopic (exact) mass is 339 g/mol. The zero-order valence-corrected chi connectivity index (χ0v) is 13.5. The van der Waals surface area contributed by atoms with Crippen molar-refractivity contribution in [3.8, 4) is 11.5 Å². The molecule has 0 aliphatic heterocycles. The molecule has 1 saturated carbocycles. The number of amides is 1. The van der Waals surface area contributed by atoms with Crippen LogP contribution in [0.15, 0.2) is 59.3 Å². The van der Waals surface area contributed by atoms with Gasteiger partial charge in [0, 0.05) is 16.3 Å². The number of hydrogen-bond acceptors (Lipinski definition) is 4. The van der Waals surface area contributed by atoms with E-state index < -0.39 is 5.41 Å². The first-order valence-corrected chi connectivity index (χ1v) is 7.99. The van der Waals surface area contributed by atoms with E-state index in [-0.39, 0.29) is 5.91 Å². The molecule has 0 bridgehead atoms. The Hall–Kier alpha value is -2.66. The van der Waals surface area contributed by atoms with Gasteiger partial charge in [-0.05, 0) is 54.8 Å². The number of halogens is 1. The van der Waals surface area contributed by atoms with E-state index in [0.29, 0.717) is 10.9 Å². The highest BCUT2D eigenvalue weighted by Crippen LogP contribution is 2.49. The summed E-state index contributed by atoms with van der Waals surface area (Å²) in [7, 11) is 0. The van der Waals surface area contributed by atoms with Gasteiger partial charge in [-0.2, -0.15) is 0 Å². The average molecular weight is 340 g/mol. The highest BCUT2D eigenvalue weighted by molar-refractivity contribution is 6.30. The fourth-order valence-corrected chi connectivity index (χ4v) is 2.99. The second-order valence-electron chi connectivity index (χ2n) is 5.87. The quantitative estimate of drug-likeness (QED) is 0.778. The van der Waals surface area contributed by atoms with Crippen molar-refractivity contribution in [1.29, 1.82) is 0 Å². The highest BCUT2D eigenvalue weighted by Gasteiger charge is 2.51. The van der Waals surface area contributed by atoms with Gasteiger partial charge in [-0.1, -0.05) is 23.7 Å². The average Bonchev–Trinajstić information content (AvgIpc) is 3.23. The van der Waals surface area contributed by atoms with Gasteiger partial charge in [0.2, 0.25) is 18.2 Å². The first kappa shape index (κ1) is 14.9. The van der Waals surface area contributed by atoms with Crippen LogP contribution in [0.4, 0.5) is 5.69 Å². The zero-order chi connectivity index (χ0) is 16.6. The summed E-state index contributed by atoms with van der Waals surface area (Å²) < 4.78 is 5.15. The number of hydrogen-bond donors (Lipinski definition) is 1. The van der Waals surface area contributed by atoms with E-state index in [0.717, 1.165) is 29.7 Å². The fourth-order valence-electron chi connectivity index (χ4n) is 2.80. The lowest BCUT2D eigenvalue weighted by Gasteiger charge is -2.16. The maximum Gasteiger partial charge on any atom is 0.247 e. The minimum Gasteiger partial charge on any atom is -0.423 e. The predicted molar refractivity (Wildman–Crippen MR) is 90.7 cm³/mol. The van der Waals surface area contributed by atoms with Crippen LogP contribution in [0.5, 0.6) is 0 Å². The van der Waals surface area contributed by atoms with Crippen LogP contribution < -0.4 is 5.32 Å². The second-order valence-corrected chi connectivity index (χ2v) is 6.30. The number of carbonyl (C=O) groups is 1. The Labute approximate surface area is 143 Å². The molecule has 2 aromatic carbocycles. The van der Waals surface area contributed by atoms with Crippen molar-refractivity contribution in [3.63, 3.8) is 0 Å². The molecule has 1 aliphatic rings. The first-order chi connectivity index (χ1) is 11.7. The first-order valence-electron chi connectivity index (χ1n) is 7.61. The van der Waals surface area contributed by atoms with Crippen molar-refractivity contribution in [3.05, 3.63) is 65.5 Å². The molecule has 120 valence electrons. The fraction of sp³-hybridized carbons (Fsp3) is 0.167. The van der Waals surface area contributed by atoms with Crippen molar-refractivity contribution in [2.75, 3.05) is 5.32 Å². The molecule has 0 unspecified atom stereocenters. The molecule has 0 saturated heterocycles. The van der Waals surface area contributed by atoms with E-state index in [4.69, 9.17) is 16.0 Å². The van der Waals surface area contributed by atoms with Crippen LogP contribution in [-0.2, 0) is 10.2 Å². The van der Waals surface area contributed by atoms with E-state index in [1.807, 2.05) is 48.5 Å². The number of benzene rings is 2. The van der Waals surface area contributed by atoms with E-state index in [9.17, 15) is 4.79 Å². The number of nitrogens with zero attached hydrogens (tertiary/aromatic N) is 2. The van der Waals surface area contributed by atoms with Gasteiger partial charge in [0.1, 0.15) is 0 Å². The normalized spacial score (nSPS) is 15.0. The Balaban J connectivity index is 1.52. The van der Waals surface area contributed by atoms with Crippen LogP contribution in [0, 0.1) is 0 Å². The summed E-state index contributed by atoms with van der Waals surface area (Å²) in [6.45, 7) is 0. The lowest BCUT2D eigenvalue weighted by molar-refractivity contribution is -0.118. The SMILES string of the molecule is O=C(Nc1ccc(-c2nnco2)cc1)C1(c2cccc(Cl)c2)CC1. The predicted octanol–water partition coefficient (Wildman–Crippen LogP) is 4.06. The Bertz CT molecular complexity index is 872. The summed E-state index contributed by atoms with van der Waals surface area (Å²) in [5, 5.41) is 11.1. The maximum absolute atomic E-state index is 12.7. The lowest BCUT2D eigenvalue weighted by Crippen LogP contribution is -2.27. The van der Waals surface area contributed by atoms with Gasteiger partial charge in [-0.15, -0.1) is 10.2 Å². The van der Waals surface area contributed by atoms with Crippen molar-refractivity contribution >= 4 is 23.2 Å². The van der Waals surface area contributed by atoms with Crippen LogP contribution in [0.1, 0.15) is 18.4 Å². The van der Waals surface area contributed by atoms with Crippen molar-refractivity contribution in [2.45, 2.75) is 18.3 Å². The summed E-state index contributed by atoms with van der Waals surface area (Å²) in [6, 6.07) is 14.8. The molecule has 0 atom stereocenters. The van der Waals surface area contributed by atoms with Crippen molar-refractivity contribution in [1.82, 2.24) is 10.2 Å². The molecular weight excluding hydrogens is 326 g/mol. The van der Waals surface area contributed by atoms with Crippen LogP contribution in [-0.4, -0.2) is 16.1 Å². The number of nitrogens with one attached hydrogen (secondary N) is 1. The molecule has 1 aliphatic carbocycles. The smallest absolute Gasteiger partial charge is 0.247 e. The molecule has 1 aromatic heterocycles. The van der Waals surface area contributed by atoms with Gasteiger partial charge in [-0.3, -0.25) is 4.79 Å². The summed E-state index contributed by atoms with van der Waals surface area (Å²) in [4.78, 5) is 12.7. The van der Waals surface area contributed by atoms with Gasteiger partial charge >= 0.3 is 0 Å². The molecule has 0 spiro atoms. The summed E-state index contributed by atoms with van der Waals surface area (Å²) in [6.07, 6.45) is 2.95. The molecular formula is C18H14ClN3O2. The third kappa shape index (κ3) is 2.67. The molecule has 0 radical (unpaired) electrons.